The van der Waals surface area contributed by atoms with Crippen molar-refractivity contribution in [2.75, 3.05) is 22.8 Å². The molecule has 0 fully saturated rings. The van der Waals surface area contributed by atoms with E-state index in [0.717, 1.165) is 24.1 Å². The fourth-order valence-electron chi connectivity index (χ4n) is 1.41. The van der Waals surface area contributed by atoms with Gasteiger partial charge in [-0.3, -0.25) is 4.72 Å². The average molecular weight is 256 g/mol. The van der Waals surface area contributed by atoms with Gasteiger partial charge in [0, 0.05) is 12.2 Å². The van der Waals surface area contributed by atoms with Crippen LogP contribution in [-0.2, 0) is 10.0 Å². The third-order valence-electron chi connectivity index (χ3n) is 2.24. The van der Waals surface area contributed by atoms with E-state index in [2.05, 4.69) is 23.9 Å². The largest absolute Gasteiger partial charge is 0.385 e. The maximum absolute atomic E-state index is 11.1. The fourth-order valence-corrected chi connectivity index (χ4v) is 2.04. The monoisotopic (exact) mass is 256 g/mol. The molecule has 17 heavy (non-hydrogen) atoms. The third-order valence-corrected chi connectivity index (χ3v) is 2.83. The van der Waals surface area contributed by atoms with Crippen LogP contribution in [0.2, 0.25) is 0 Å². The first-order valence-electron chi connectivity index (χ1n) is 5.60. The number of sulfonamides is 1. The van der Waals surface area contributed by atoms with Gasteiger partial charge in [0.15, 0.2) is 0 Å². The van der Waals surface area contributed by atoms with Crippen molar-refractivity contribution in [3.63, 3.8) is 0 Å². The number of hydrogen-bond donors (Lipinski definition) is 2. The van der Waals surface area contributed by atoms with Crippen LogP contribution >= 0.6 is 0 Å². The molecular formula is C12H20N2O2S. The van der Waals surface area contributed by atoms with Crippen molar-refractivity contribution < 1.29 is 8.42 Å². The van der Waals surface area contributed by atoms with Crippen LogP contribution in [0.4, 0.5) is 11.4 Å². The summed E-state index contributed by atoms with van der Waals surface area (Å²) in [7, 11) is -3.21. The van der Waals surface area contributed by atoms with E-state index in [-0.39, 0.29) is 0 Å². The summed E-state index contributed by atoms with van der Waals surface area (Å²) < 4.78 is 24.7. The Hall–Kier alpha value is -1.23. The lowest BCUT2D eigenvalue weighted by Crippen LogP contribution is -2.11. The SMILES string of the molecule is Cc1cc(NCC(C)C)ccc1NS(C)(=O)=O. The van der Waals surface area contributed by atoms with E-state index < -0.39 is 10.0 Å². The van der Waals surface area contributed by atoms with Crippen LogP contribution in [0.3, 0.4) is 0 Å². The maximum atomic E-state index is 11.1. The first-order chi connectivity index (χ1) is 7.78. The summed E-state index contributed by atoms with van der Waals surface area (Å²) in [5, 5.41) is 3.30. The first kappa shape index (κ1) is 13.8. The van der Waals surface area contributed by atoms with Crippen LogP contribution < -0.4 is 10.0 Å². The number of hydrogen-bond acceptors (Lipinski definition) is 3. The van der Waals surface area contributed by atoms with Gasteiger partial charge in [-0.05, 0) is 36.6 Å². The van der Waals surface area contributed by atoms with Gasteiger partial charge >= 0.3 is 0 Å². The van der Waals surface area contributed by atoms with Gasteiger partial charge in [-0.15, -0.1) is 0 Å². The lowest BCUT2D eigenvalue weighted by atomic mass is 10.1. The minimum Gasteiger partial charge on any atom is -0.385 e. The van der Waals surface area contributed by atoms with E-state index in [1.807, 2.05) is 19.1 Å². The Balaban J connectivity index is 2.79. The molecule has 0 bridgehead atoms. The summed E-state index contributed by atoms with van der Waals surface area (Å²) >= 11 is 0. The van der Waals surface area contributed by atoms with E-state index in [0.29, 0.717) is 11.6 Å². The quantitative estimate of drug-likeness (QED) is 0.850. The van der Waals surface area contributed by atoms with Crippen LogP contribution in [0.1, 0.15) is 19.4 Å². The molecule has 0 aliphatic carbocycles. The Bertz CT molecular complexity index is 481. The Morgan fingerprint density at radius 3 is 2.41 bits per heavy atom. The van der Waals surface area contributed by atoms with Gasteiger partial charge in [0.2, 0.25) is 10.0 Å². The molecule has 1 aromatic carbocycles. The predicted molar refractivity (Wildman–Crippen MR) is 73.0 cm³/mol. The van der Waals surface area contributed by atoms with Crippen molar-refractivity contribution in [2.24, 2.45) is 5.92 Å². The molecule has 96 valence electrons. The van der Waals surface area contributed by atoms with Gasteiger partial charge in [0.1, 0.15) is 0 Å². The molecular weight excluding hydrogens is 236 g/mol. The minimum absolute atomic E-state index is 0.573. The molecule has 1 rings (SSSR count). The molecule has 0 unspecified atom stereocenters. The van der Waals surface area contributed by atoms with E-state index in [1.54, 1.807) is 6.07 Å². The third kappa shape index (κ3) is 5.08. The lowest BCUT2D eigenvalue weighted by molar-refractivity contribution is 0.607. The molecule has 0 saturated heterocycles. The molecule has 2 N–H and O–H groups in total. The second-order valence-electron chi connectivity index (χ2n) is 4.68. The highest BCUT2D eigenvalue weighted by Gasteiger charge is 2.05. The molecule has 0 aliphatic heterocycles. The zero-order valence-corrected chi connectivity index (χ0v) is 11.6. The number of aryl methyl sites for hydroxylation is 1. The van der Waals surface area contributed by atoms with Crippen LogP contribution in [0.15, 0.2) is 18.2 Å². The number of anilines is 2. The second-order valence-corrected chi connectivity index (χ2v) is 6.43. The zero-order valence-electron chi connectivity index (χ0n) is 10.7. The van der Waals surface area contributed by atoms with Crippen molar-refractivity contribution in [3.05, 3.63) is 23.8 Å². The zero-order chi connectivity index (χ0) is 13.1. The van der Waals surface area contributed by atoms with E-state index in [4.69, 9.17) is 0 Å². The second kappa shape index (κ2) is 5.40. The molecule has 0 spiro atoms. The predicted octanol–water partition coefficient (Wildman–Crippen LogP) is 2.43. The fraction of sp³-hybridized carbons (Fsp3) is 0.500. The average Bonchev–Trinajstić information content (AvgIpc) is 2.17. The lowest BCUT2D eigenvalue weighted by Gasteiger charge is -2.12. The Labute approximate surface area is 103 Å². The van der Waals surface area contributed by atoms with E-state index in [9.17, 15) is 8.42 Å². The molecule has 0 aromatic heterocycles. The molecule has 4 nitrogen and oxygen atoms in total. The summed E-state index contributed by atoms with van der Waals surface area (Å²) in [5.41, 5.74) is 2.54. The van der Waals surface area contributed by atoms with Gasteiger partial charge in [-0.2, -0.15) is 0 Å². The highest BCUT2D eigenvalue weighted by Crippen LogP contribution is 2.20. The highest BCUT2D eigenvalue weighted by molar-refractivity contribution is 7.92. The van der Waals surface area contributed by atoms with Gasteiger partial charge in [0.25, 0.3) is 0 Å². The molecule has 0 saturated carbocycles. The molecule has 5 heteroatoms. The Kier molecular flexibility index (Phi) is 4.40. The van der Waals surface area contributed by atoms with Gasteiger partial charge < -0.3 is 5.32 Å². The van der Waals surface area contributed by atoms with Gasteiger partial charge in [-0.1, -0.05) is 13.8 Å². The summed E-state index contributed by atoms with van der Waals surface area (Å²) in [4.78, 5) is 0. The molecule has 0 heterocycles. The van der Waals surface area contributed by atoms with Crippen molar-refractivity contribution in [1.82, 2.24) is 0 Å². The highest BCUT2D eigenvalue weighted by atomic mass is 32.2. The number of nitrogens with one attached hydrogen (secondary N) is 2. The van der Waals surface area contributed by atoms with Crippen LogP contribution in [0.5, 0.6) is 0 Å². The first-order valence-corrected chi connectivity index (χ1v) is 7.49. The molecule has 0 radical (unpaired) electrons. The normalized spacial score (nSPS) is 11.6. The molecule has 0 amide bonds. The van der Waals surface area contributed by atoms with Crippen LogP contribution in [0.25, 0.3) is 0 Å². The molecule has 1 aromatic rings. The Morgan fingerprint density at radius 1 is 1.29 bits per heavy atom. The maximum Gasteiger partial charge on any atom is 0.229 e. The molecule has 0 aliphatic rings. The topological polar surface area (TPSA) is 58.2 Å². The molecule has 0 atom stereocenters. The number of benzene rings is 1. The van der Waals surface area contributed by atoms with Gasteiger partial charge in [0.05, 0.1) is 11.9 Å². The number of rotatable bonds is 5. The standard InChI is InChI=1S/C12H20N2O2S/c1-9(2)8-13-11-5-6-12(10(3)7-11)14-17(4,15)16/h5-7,9,13-14H,8H2,1-4H3. The smallest absolute Gasteiger partial charge is 0.229 e. The van der Waals surface area contributed by atoms with Crippen LogP contribution in [-0.4, -0.2) is 21.2 Å². The summed E-state index contributed by atoms with van der Waals surface area (Å²) in [6.45, 7) is 7.06. The Morgan fingerprint density at radius 2 is 1.94 bits per heavy atom. The van der Waals surface area contributed by atoms with E-state index in [1.165, 1.54) is 0 Å². The van der Waals surface area contributed by atoms with Crippen molar-refractivity contribution >= 4 is 21.4 Å². The van der Waals surface area contributed by atoms with Crippen molar-refractivity contribution in [1.29, 1.82) is 0 Å². The van der Waals surface area contributed by atoms with E-state index >= 15 is 0 Å². The van der Waals surface area contributed by atoms with Gasteiger partial charge in [-0.25, -0.2) is 8.42 Å². The summed E-state index contributed by atoms with van der Waals surface area (Å²) in [6, 6.07) is 5.60. The minimum atomic E-state index is -3.21. The summed E-state index contributed by atoms with van der Waals surface area (Å²) in [6.07, 6.45) is 1.15. The van der Waals surface area contributed by atoms with Crippen LogP contribution in [0, 0.1) is 12.8 Å². The summed E-state index contributed by atoms with van der Waals surface area (Å²) in [5.74, 6) is 0.573. The van der Waals surface area contributed by atoms with Crippen molar-refractivity contribution in [3.8, 4) is 0 Å². The van der Waals surface area contributed by atoms with Crippen molar-refractivity contribution in [2.45, 2.75) is 20.8 Å².